The lowest BCUT2D eigenvalue weighted by atomic mass is 9.96. The summed E-state index contributed by atoms with van der Waals surface area (Å²) >= 11 is 0. The third kappa shape index (κ3) is 3.81. The zero-order valence-electron chi connectivity index (χ0n) is 14.9. The Morgan fingerprint density at radius 3 is 2.77 bits per heavy atom. The number of hydrogen-bond acceptors (Lipinski definition) is 3. The van der Waals surface area contributed by atoms with Gasteiger partial charge in [-0.3, -0.25) is 4.79 Å². The minimum absolute atomic E-state index is 0.0287. The molecule has 1 amide bonds. The second kappa shape index (κ2) is 7.75. The monoisotopic (exact) mass is 348 g/mol. The number of rotatable bonds is 5. The van der Waals surface area contributed by atoms with Gasteiger partial charge in [0.1, 0.15) is 0 Å². The fourth-order valence-corrected chi connectivity index (χ4v) is 3.57. The van der Waals surface area contributed by atoms with E-state index in [0.29, 0.717) is 18.0 Å². The van der Waals surface area contributed by atoms with Crippen molar-refractivity contribution >= 4 is 11.6 Å². The molecule has 2 heterocycles. The number of amides is 1. The third-order valence-corrected chi connectivity index (χ3v) is 5.10. The quantitative estimate of drug-likeness (QED) is 0.841. The molecule has 26 heavy (non-hydrogen) atoms. The van der Waals surface area contributed by atoms with Gasteiger partial charge in [-0.15, -0.1) is 0 Å². The summed E-state index contributed by atoms with van der Waals surface area (Å²) in [4.78, 5) is 14.9. The summed E-state index contributed by atoms with van der Waals surface area (Å²) in [5.41, 5.74) is 4.22. The predicted octanol–water partition coefficient (Wildman–Crippen LogP) is 3.50. The van der Waals surface area contributed by atoms with Crippen LogP contribution in [-0.2, 0) is 11.3 Å². The lowest BCUT2D eigenvalue weighted by Crippen LogP contribution is -2.23. The summed E-state index contributed by atoms with van der Waals surface area (Å²) in [6.45, 7) is 4.00. The summed E-state index contributed by atoms with van der Waals surface area (Å²) in [6, 6.07) is 16.3. The van der Waals surface area contributed by atoms with Crippen LogP contribution in [0.3, 0.4) is 0 Å². The summed E-state index contributed by atoms with van der Waals surface area (Å²) in [6.07, 6.45) is 5.39. The highest BCUT2D eigenvalue weighted by Gasteiger charge is 2.18. The van der Waals surface area contributed by atoms with Gasteiger partial charge in [-0.05, 0) is 41.8 Å². The molecule has 2 aliphatic heterocycles. The van der Waals surface area contributed by atoms with Crippen molar-refractivity contribution in [1.29, 1.82) is 0 Å². The van der Waals surface area contributed by atoms with Gasteiger partial charge in [0.05, 0.1) is 6.61 Å². The zero-order valence-corrected chi connectivity index (χ0v) is 14.9. The highest BCUT2D eigenvalue weighted by molar-refractivity contribution is 5.94. The molecule has 0 bridgehead atoms. The molecule has 0 saturated carbocycles. The maximum atomic E-state index is 12.6. The molecule has 2 aliphatic rings. The van der Waals surface area contributed by atoms with Gasteiger partial charge in [0.2, 0.25) is 0 Å². The molecule has 4 rings (SSSR count). The first-order valence-corrected chi connectivity index (χ1v) is 9.24. The van der Waals surface area contributed by atoms with Crippen molar-refractivity contribution in [1.82, 2.24) is 5.32 Å². The molecule has 0 spiro atoms. The second-order valence-corrected chi connectivity index (χ2v) is 6.91. The molecule has 2 aromatic rings. The fourth-order valence-electron chi connectivity index (χ4n) is 3.57. The predicted molar refractivity (Wildman–Crippen MR) is 104 cm³/mol. The smallest absolute Gasteiger partial charge is 0.251 e. The van der Waals surface area contributed by atoms with Crippen LogP contribution in [0.4, 0.5) is 5.69 Å². The van der Waals surface area contributed by atoms with Crippen LogP contribution >= 0.6 is 0 Å². The molecule has 1 atom stereocenters. The molecule has 1 unspecified atom stereocenters. The molecule has 2 aromatic carbocycles. The standard InChI is InChI=1S/C22H24N2O2/c25-22(19-7-4-6-18(14-19)20-9-12-26-16-20)23-15-17-5-3-8-21(13-17)24-10-1-2-11-24/h1-8,13-14,20H,9-12,15-16H2,(H,23,25). The van der Waals surface area contributed by atoms with Gasteiger partial charge in [-0.25, -0.2) is 0 Å². The van der Waals surface area contributed by atoms with Gasteiger partial charge in [0.15, 0.2) is 0 Å². The second-order valence-electron chi connectivity index (χ2n) is 6.91. The molecule has 1 saturated heterocycles. The van der Waals surface area contributed by atoms with E-state index in [-0.39, 0.29) is 5.91 Å². The lowest BCUT2D eigenvalue weighted by molar-refractivity contribution is 0.0950. The highest BCUT2D eigenvalue weighted by Crippen LogP contribution is 2.25. The van der Waals surface area contributed by atoms with Gasteiger partial charge >= 0.3 is 0 Å². The lowest BCUT2D eigenvalue weighted by Gasteiger charge is -2.18. The molecule has 0 aliphatic carbocycles. The normalized spacial score (nSPS) is 19.1. The van der Waals surface area contributed by atoms with Crippen LogP contribution in [0.5, 0.6) is 0 Å². The van der Waals surface area contributed by atoms with Gasteiger partial charge < -0.3 is 15.0 Å². The molecule has 4 heteroatoms. The van der Waals surface area contributed by atoms with E-state index in [1.165, 1.54) is 11.3 Å². The summed E-state index contributed by atoms with van der Waals surface area (Å²) < 4.78 is 5.46. The van der Waals surface area contributed by atoms with Gasteiger partial charge in [0, 0.05) is 43.4 Å². The van der Waals surface area contributed by atoms with E-state index in [1.54, 1.807) is 0 Å². The average molecular weight is 348 g/mol. The van der Waals surface area contributed by atoms with Crippen LogP contribution in [0.1, 0.15) is 33.8 Å². The molecule has 1 N–H and O–H groups in total. The molecule has 134 valence electrons. The molecular formula is C22H24N2O2. The van der Waals surface area contributed by atoms with Crippen molar-refractivity contribution in [3.8, 4) is 0 Å². The van der Waals surface area contributed by atoms with Crippen molar-refractivity contribution in [2.24, 2.45) is 0 Å². The van der Waals surface area contributed by atoms with E-state index >= 15 is 0 Å². The fraction of sp³-hybridized carbons (Fsp3) is 0.318. The number of carbonyl (C=O) groups excluding carboxylic acids is 1. The van der Waals surface area contributed by atoms with Crippen LogP contribution in [-0.4, -0.2) is 32.2 Å². The Labute approximate surface area is 154 Å². The molecule has 4 nitrogen and oxygen atoms in total. The van der Waals surface area contributed by atoms with Crippen molar-refractivity contribution in [2.45, 2.75) is 18.9 Å². The van der Waals surface area contributed by atoms with E-state index in [2.05, 4.69) is 52.7 Å². The maximum Gasteiger partial charge on any atom is 0.251 e. The Balaban J connectivity index is 1.39. The Hall–Kier alpha value is -2.59. The zero-order chi connectivity index (χ0) is 17.8. The summed E-state index contributed by atoms with van der Waals surface area (Å²) in [7, 11) is 0. The Kier molecular flexibility index (Phi) is 5.02. The van der Waals surface area contributed by atoms with Crippen LogP contribution in [0, 0.1) is 0 Å². The first-order valence-electron chi connectivity index (χ1n) is 9.24. The Morgan fingerprint density at radius 2 is 1.96 bits per heavy atom. The van der Waals surface area contributed by atoms with Gasteiger partial charge in [-0.1, -0.05) is 36.4 Å². The molecular weight excluding hydrogens is 324 g/mol. The number of anilines is 1. The van der Waals surface area contributed by atoms with Crippen LogP contribution < -0.4 is 10.2 Å². The van der Waals surface area contributed by atoms with Crippen LogP contribution in [0.15, 0.2) is 60.7 Å². The topological polar surface area (TPSA) is 41.6 Å². The highest BCUT2D eigenvalue weighted by atomic mass is 16.5. The van der Waals surface area contributed by atoms with E-state index in [1.807, 2.05) is 18.2 Å². The van der Waals surface area contributed by atoms with Gasteiger partial charge in [0.25, 0.3) is 5.91 Å². The summed E-state index contributed by atoms with van der Waals surface area (Å²) in [5, 5.41) is 3.05. The Bertz CT molecular complexity index is 801. The summed E-state index contributed by atoms with van der Waals surface area (Å²) in [5.74, 6) is 0.382. The number of nitrogens with zero attached hydrogens (tertiary/aromatic N) is 1. The first kappa shape index (κ1) is 16.9. The van der Waals surface area contributed by atoms with Crippen molar-refractivity contribution < 1.29 is 9.53 Å². The number of carbonyl (C=O) groups is 1. The van der Waals surface area contributed by atoms with Crippen LogP contribution in [0.2, 0.25) is 0 Å². The SMILES string of the molecule is O=C(NCc1cccc(N2CC=CC2)c1)c1cccc(C2CCOC2)c1. The van der Waals surface area contributed by atoms with Crippen molar-refractivity contribution in [2.75, 3.05) is 31.2 Å². The van der Waals surface area contributed by atoms with E-state index < -0.39 is 0 Å². The molecule has 0 radical (unpaired) electrons. The number of benzene rings is 2. The molecule has 1 fully saturated rings. The van der Waals surface area contributed by atoms with Crippen LogP contribution in [0.25, 0.3) is 0 Å². The average Bonchev–Trinajstić information content (AvgIpc) is 3.40. The first-order chi connectivity index (χ1) is 12.8. The maximum absolute atomic E-state index is 12.6. The molecule has 0 aromatic heterocycles. The Morgan fingerprint density at radius 1 is 1.12 bits per heavy atom. The van der Waals surface area contributed by atoms with E-state index in [4.69, 9.17) is 4.74 Å². The van der Waals surface area contributed by atoms with E-state index in [0.717, 1.165) is 38.3 Å². The number of ether oxygens (including phenoxy) is 1. The minimum atomic E-state index is -0.0287. The van der Waals surface area contributed by atoms with Crippen molar-refractivity contribution in [3.63, 3.8) is 0 Å². The van der Waals surface area contributed by atoms with Gasteiger partial charge in [-0.2, -0.15) is 0 Å². The minimum Gasteiger partial charge on any atom is -0.381 e. The largest absolute Gasteiger partial charge is 0.381 e. The van der Waals surface area contributed by atoms with Crippen molar-refractivity contribution in [3.05, 3.63) is 77.4 Å². The van der Waals surface area contributed by atoms with E-state index in [9.17, 15) is 4.79 Å². The number of hydrogen-bond donors (Lipinski definition) is 1. The number of nitrogens with one attached hydrogen (secondary N) is 1. The third-order valence-electron chi connectivity index (χ3n) is 5.10.